The summed E-state index contributed by atoms with van der Waals surface area (Å²) in [6.07, 6.45) is 0. The Morgan fingerprint density at radius 2 is 2.19 bits per heavy atom. The molecule has 2 nitrogen and oxygen atoms in total. The maximum Gasteiger partial charge on any atom is 0.288 e. The van der Waals surface area contributed by atoms with Crippen LogP contribution >= 0.6 is 11.8 Å². The minimum atomic E-state index is -2.39. The van der Waals surface area contributed by atoms with Gasteiger partial charge < -0.3 is 10.1 Å². The average molecular weight is 245 g/mol. The summed E-state index contributed by atoms with van der Waals surface area (Å²) < 4.78 is 30.1. The number of thioether (sulfide) groups is 1. The van der Waals surface area contributed by atoms with Gasteiger partial charge in [-0.2, -0.15) is 8.78 Å². The summed E-state index contributed by atoms with van der Waals surface area (Å²) in [5.74, 6) is -1.74. The normalized spacial score (nSPS) is 18.2. The maximum atomic E-state index is 12.2. The predicted octanol–water partition coefficient (Wildman–Crippen LogP) is 2.74. The summed E-state index contributed by atoms with van der Waals surface area (Å²) in [5.41, 5.74) is -0.200. The zero-order chi connectivity index (χ0) is 11.6. The highest BCUT2D eigenvalue weighted by Gasteiger charge is 2.33. The zero-order valence-electron chi connectivity index (χ0n) is 8.87. The van der Waals surface area contributed by atoms with E-state index >= 15 is 0 Å². The second kappa shape index (κ2) is 4.59. The van der Waals surface area contributed by atoms with Crippen molar-refractivity contribution in [2.24, 2.45) is 0 Å². The molecule has 0 spiro atoms. The number of hydrogen-bond acceptors (Lipinski definition) is 3. The molecule has 1 aliphatic rings. The van der Waals surface area contributed by atoms with E-state index in [9.17, 15) is 8.78 Å². The van der Waals surface area contributed by atoms with Crippen molar-refractivity contribution in [3.63, 3.8) is 0 Å². The number of hydrogen-bond donors (Lipinski definition) is 1. The lowest BCUT2D eigenvalue weighted by Gasteiger charge is -2.39. The molecule has 0 amide bonds. The van der Waals surface area contributed by atoms with Gasteiger partial charge in [0, 0.05) is 18.0 Å². The minimum absolute atomic E-state index is 0.200. The molecule has 1 aromatic carbocycles. The Kier molecular flexibility index (Phi) is 3.35. The van der Waals surface area contributed by atoms with Gasteiger partial charge in [0.15, 0.2) is 0 Å². The van der Waals surface area contributed by atoms with Crippen molar-refractivity contribution >= 4 is 11.8 Å². The first-order valence-electron chi connectivity index (χ1n) is 5.02. The minimum Gasteiger partial charge on any atom is -0.485 e. The van der Waals surface area contributed by atoms with Gasteiger partial charge in [0.2, 0.25) is 0 Å². The van der Waals surface area contributed by atoms with Crippen LogP contribution in [0.25, 0.3) is 0 Å². The Bertz CT molecular complexity index is 369. The fraction of sp³-hybridized carbons (Fsp3) is 0.455. The third kappa shape index (κ3) is 2.86. The smallest absolute Gasteiger partial charge is 0.288 e. The Balaban J connectivity index is 2.04. The number of rotatable bonds is 4. The van der Waals surface area contributed by atoms with Gasteiger partial charge in [0.1, 0.15) is 11.4 Å². The van der Waals surface area contributed by atoms with Crippen LogP contribution in [0.15, 0.2) is 29.2 Å². The monoisotopic (exact) mass is 245 g/mol. The van der Waals surface area contributed by atoms with E-state index in [1.807, 2.05) is 6.92 Å². The van der Waals surface area contributed by atoms with Gasteiger partial charge in [0.25, 0.3) is 5.76 Å². The molecule has 2 rings (SSSR count). The van der Waals surface area contributed by atoms with Gasteiger partial charge in [-0.3, -0.25) is 0 Å². The fourth-order valence-electron chi connectivity index (χ4n) is 1.55. The molecule has 1 N–H and O–H groups in total. The van der Waals surface area contributed by atoms with Crippen molar-refractivity contribution in [2.45, 2.75) is 23.2 Å². The van der Waals surface area contributed by atoms with Crippen LogP contribution in [-0.2, 0) is 0 Å². The van der Waals surface area contributed by atoms with E-state index in [2.05, 4.69) is 5.32 Å². The molecule has 5 heteroatoms. The number of benzene rings is 1. The van der Waals surface area contributed by atoms with Gasteiger partial charge in [-0.05, 0) is 25.1 Å². The van der Waals surface area contributed by atoms with Crippen LogP contribution in [0.4, 0.5) is 8.78 Å². The molecule has 1 heterocycles. The van der Waals surface area contributed by atoms with E-state index in [1.165, 1.54) is 0 Å². The predicted molar refractivity (Wildman–Crippen MR) is 60.2 cm³/mol. The van der Waals surface area contributed by atoms with Crippen LogP contribution in [-0.4, -0.2) is 24.4 Å². The quantitative estimate of drug-likeness (QED) is 0.824. The molecule has 0 unspecified atom stereocenters. The van der Waals surface area contributed by atoms with Crippen LogP contribution < -0.4 is 10.1 Å². The van der Waals surface area contributed by atoms with Crippen LogP contribution in [0.3, 0.4) is 0 Å². The molecule has 0 aromatic heterocycles. The van der Waals surface area contributed by atoms with Gasteiger partial charge >= 0.3 is 0 Å². The van der Waals surface area contributed by atoms with Gasteiger partial charge in [-0.25, -0.2) is 0 Å². The highest BCUT2D eigenvalue weighted by atomic mass is 32.2. The molecule has 1 fully saturated rings. The van der Waals surface area contributed by atoms with Crippen LogP contribution in [0.2, 0.25) is 0 Å². The Labute approximate surface area is 97.4 Å². The van der Waals surface area contributed by atoms with E-state index in [1.54, 1.807) is 24.3 Å². The lowest BCUT2D eigenvalue weighted by atomic mass is 10.00. The van der Waals surface area contributed by atoms with Crippen molar-refractivity contribution < 1.29 is 13.5 Å². The Morgan fingerprint density at radius 1 is 1.44 bits per heavy atom. The Hall–Kier alpha value is -0.810. The first kappa shape index (κ1) is 11.7. The Morgan fingerprint density at radius 3 is 2.75 bits per heavy atom. The molecule has 1 aliphatic heterocycles. The lowest BCUT2D eigenvalue weighted by Crippen LogP contribution is -2.61. The molecule has 0 aliphatic carbocycles. The highest BCUT2D eigenvalue weighted by Crippen LogP contribution is 2.30. The summed E-state index contributed by atoms with van der Waals surface area (Å²) in [4.78, 5) is 0.531. The molecular weight excluding hydrogens is 232 g/mol. The SMILES string of the molecule is CC1(Oc2cccc(SC(F)F)c2)CNC1. The summed E-state index contributed by atoms with van der Waals surface area (Å²) in [6.45, 7) is 3.58. The molecule has 16 heavy (non-hydrogen) atoms. The lowest BCUT2D eigenvalue weighted by molar-refractivity contribution is 0.0347. The zero-order valence-corrected chi connectivity index (χ0v) is 9.69. The van der Waals surface area contributed by atoms with Crippen molar-refractivity contribution in [2.75, 3.05) is 13.1 Å². The number of nitrogens with one attached hydrogen (secondary N) is 1. The summed E-state index contributed by atoms with van der Waals surface area (Å²) in [6, 6.07) is 6.83. The number of ether oxygens (including phenoxy) is 1. The summed E-state index contributed by atoms with van der Waals surface area (Å²) >= 11 is 0.535. The van der Waals surface area contributed by atoms with Crippen LogP contribution in [0.5, 0.6) is 5.75 Å². The standard InChI is InChI=1S/C11H13F2NOS/c1-11(6-14-7-11)15-8-3-2-4-9(5-8)16-10(12)13/h2-5,10,14H,6-7H2,1H3. The second-order valence-electron chi connectivity index (χ2n) is 4.01. The van der Waals surface area contributed by atoms with Crippen LogP contribution in [0, 0.1) is 0 Å². The van der Waals surface area contributed by atoms with E-state index in [4.69, 9.17) is 4.74 Å². The molecule has 0 saturated carbocycles. The molecule has 88 valence electrons. The summed E-state index contributed by atoms with van der Waals surface area (Å²) in [7, 11) is 0. The third-order valence-corrected chi connectivity index (χ3v) is 3.10. The maximum absolute atomic E-state index is 12.2. The second-order valence-corrected chi connectivity index (χ2v) is 5.07. The molecule has 0 bridgehead atoms. The van der Waals surface area contributed by atoms with Crippen LogP contribution in [0.1, 0.15) is 6.92 Å². The molecular formula is C11H13F2NOS. The van der Waals surface area contributed by atoms with E-state index < -0.39 is 5.76 Å². The van der Waals surface area contributed by atoms with Gasteiger partial charge in [-0.1, -0.05) is 17.8 Å². The van der Waals surface area contributed by atoms with Crippen molar-refractivity contribution in [1.29, 1.82) is 0 Å². The van der Waals surface area contributed by atoms with Gasteiger partial charge in [0.05, 0.1) is 0 Å². The molecule has 1 saturated heterocycles. The van der Waals surface area contributed by atoms with Crippen molar-refractivity contribution in [3.8, 4) is 5.75 Å². The average Bonchev–Trinajstić information content (AvgIpc) is 2.14. The summed E-state index contributed by atoms with van der Waals surface area (Å²) in [5, 5.41) is 3.12. The molecule has 0 atom stereocenters. The largest absolute Gasteiger partial charge is 0.485 e. The van der Waals surface area contributed by atoms with E-state index in [0.29, 0.717) is 22.4 Å². The fourth-order valence-corrected chi connectivity index (χ4v) is 2.09. The third-order valence-electron chi connectivity index (χ3n) is 2.39. The molecule has 1 aromatic rings. The van der Waals surface area contributed by atoms with Crippen molar-refractivity contribution in [1.82, 2.24) is 5.32 Å². The van der Waals surface area contributed by atoms with Crippen molar-refractivity contribution in [3.05, 3.63) is 24.3 Å². The first-order chi connectivity index (χ1) is 7.57. The topological polar surface area (TPSA) is 21.3 Å². The number of alkyl halides is 2. The van der Waals surface area contributed by atoms with Gasteiger partial charge in [-0.15, -0.1) is 0 Å². The number of halogens is 2. The highest BCUT2D eigenvalue weighted by molar-refractivity contribution is 7.99. The molecule has 0 radical (unpaired) electrons. The van der Waals surface area contributed by atoms with E-state index in [0.717, 1.165) is 13.1 Å². The first-order valence-corrected chi connectivity index (χ1v) is 5.90. The van der Waals surface area contributed by atoms with E-state index in [-0.39, 0.29) is 5.60 Å².